The van der Waals surface area contributed by atoms with Crippen molar-refractivity contribution in [1.29, 1.82) is 0 Å². The van der Waals surface area contributed by atoms with Crippen molar-refractivity contribution < 1.29 is 14.3 Å². The van der Waals surface area contributed by atoms with E-state index in [1.54, 1.807) is 4.90 Å². The van der Waals surface area contributed by atoms with Gasteiger partial charge in [0, 0.05) is 26.1 Å². The summed E-state index contributed by atoms with van der Waals surface area (Å²) < 4.78 is 5.61. The molecule has 0 spiro atoms. The first-order valence-electron chi connectivity index (χ1n) is 8.11. The van der Waals surface area contributed by atoms with Gasteiger partial charge in [0.1, 0.15) is 5.54 Å². The van der Waals surface area contributed by atoms with Gasteiger partial charge in [0.15, 0.2) is 0 Å². The number of carbonyl (C=O) groups excluding carboxylic acids is 2. The smallest absolute Gasteiger partial charge is 0.248 e. The van der Waals surface area contributed by atoms with Gasteiger partial charge in [-0.3, -0.25) is 9.59 Å². The number of nitrogens with zero attached hydrogens (tertiary/aromatic N) is 1. The highest BCUT2D eigenvalue weighted by Crippen LogP contribution is 2.41. The van der Waals surface area contributed by atoms with Crippen molar-refractivity contribution in [2.75, 3.05) is 26.3 Å². The first kappa shape index (κ1) is 16.3. The van der Waals surface area contributed by atoms with Crippen LogP contribution in [0.4, 0.5) is 0 Å². The van der Waals surface area contributed by atoms with Crippen LogP contribution >= 0.6 is 0 Å². The second-order valence-corrected chi connectivity index (χ2v) is 6.86. The van der Waals surface area contributed by atoms with Crippen LogP contribution in [-0.4, -0.2) is 48.6 Å². The highest BCUT2D eigenvalue weighted by molar-refractivity contribution is 5.93. The summed E-state index contributed by atoms with van der Waals surface area (Å²) in [5.74, 6) is 0.977. The minimum Gasteiger partial charge on any atom is -0.380 e. The second kappa shape index (κ2) is 6.77. The number of nitrogens with one attached hydrogen (secondary N) is 1. The zero-order valence-corrected chi connectivity index (χ0v) is 13.5. The molecule has 2 rings (SSSR count). The summed E-state index contributed by atoms with van der Waals surface area (Å²) in [5.41, 5.74) is -0.703. The van der Waals surface area contributed by atoms with Gasteiger partial charge >= 0.3 is 0 Å². The van der Waals surface area contributed by atoms with Crippen LogP contribution in [-0.2, 0) is 14.3 Å². The molecule has 1 saturated heterocycles. The minimum atomic E-state index is -0.703. The van der Waals surface area contributed by atoms with E-state index in [4.69, 9.17) is 4.74 Å². The Balaban J connectivity index is 1.86. The third-order valence-corrected chi connectivity index (χ3v) is 4.48. The first-order chi connectivity index (χ1) is 9.93. The molecule has 1 unspecified atom stereocenters. The molecule has 1 atom stereocenters. The molecule has 1 heterocycles. The van der Waals surface area contributed by atoms with E-state index in [2.05, 4.69) is 19.2 Å². The maximum Gasteiger partial charge on any atom is 0.248 e. The van der Waals surface area contributed by atoms with Gasteiger partial charge in [-0.1, -0.05) is 13.8 Å². The third-order valence-electron chi connectivity index (χ3n) is 4.48. The molecule has 1 N–H and O–H groups in total. The molecule has 0 aromatic carbocycles. The van der Waals surface area contributed by atoms with E-state index in [-0.39, 0.29) is 11.8 Å². The van der Waals surface area contributed by atoms with Gasteiger partial charge in [0.2, 0.25) is 11.8 Å². The van der Waals surface area contributed by atoms with Gasteiger partial charge < -0.3 is 15.0 Å². The zero-order valence-electron chi connectivity index (χ0n) is 13.5. The molecule has 2 amide bonds. The minimum absolute atomic E-state index is 0.0130. The summed E-state index contributed by atoms with van der Waals surface area (Å²) >= 11 is 0. The molecule has 1 aliphatic heterocycles. The number of ether oxygens (including phenoxy) is 1. The Labute approximate surface area is 127 Å². The van der Waals surface area contributed by atoms with Crippen LogP contribution in [0.15, 0.2) is 0 Å². The second-order valence-electron chi connectivity index (χ2n) is 6.86. The maximum absolute atomic E-state index is 12.7. The average molecular weight is 296 g/mol. The lowest BCUT2D eigenvalue weighted by Gasteiger charge is -2.32. The fourth-order valence-corrected chi connectivity index (χ4v) is 2.82. The van der Waals surface area contributed by atoms with Crippen molar-refractivity contribution in [3.05, 3.63) is 0 Å². The normalized spacial score (nSPS) is 27.0. The van der Waals surface area contributed by atoms with Gasteiger partial charge in [-0.2, -0.15) is 0 Å². The lowest BCUT2D eigenvalue weighted by molar-refractivity contribution is -0.139. The topological polar surface area (TPSA) is 58.6 Å². The molecule has 5 heteroatoms. The highest BCUT2D eigenvalue weighted by Gasteiger charge is 2.50. The highest BCUT2D eigenvalue weighted by atomic mass is 16.5. The Kier molecular flexibility index (Phi) is 5.25. The molecule has 2 aliphatic rings. The Bertz CT molecular complexity index is 393. The summed E-state index contributed by atoms with van der Waals surface area (Å²) in [7, 11) is 0. The average Bonchev–Trinajstić information content (AvgIpc) is 3.24. The van der Waals surface area contributed by atoms with Crippen LogP contribution in [0.3, 0.4) is 0 Å². The van der Waals surface area contributed by atoms with E-state index in [9.17, 15) is 9.59 Å². The molecular weight excluding hydrogens is 268 g/mol. The SMILES string of the molecule is CC(C)CCOCCN1CCC(=O)NC(C)(C2CC2)C1=O. The number of hydrogen-bond acceptors (Lipinski definition) is 3. The van der Waals surface area contributed by atoms with E-state index in [1.807, 2.05) is 6.92 Å². The molecule has 5 nitrogen and oxygen atoms in total. The fraction of sp³-hybridized carbons (Fsp3) is 0.875. The Morgan fingerprint density at radius 1 is 1.33 bits per heavy atom. The number of rotatable bonds is 7. The van der Waals surface area contributed by atoms with Gasteiger partial charge in [-0.15, -0.1) is 0 Å². The molecule has 0 aromatic rings. The maximum atomic E-state index is 12.7. The van der Waals surface area contributed by atoms with Gasteiger partial charge in [0.05, 0.1) is 6.61 Å². The van der Waals surface area contributed by atoms with Crippen molar-refractivity contribution in [3.63, 3.8) is 0 Å². The quantitative estimate of drug-likeness (QED) is 0.725. The summed E-state index contributed by atoms with van der Waals surface area (Å²) in [5, 5.41) is 2.94. The van der Waals surface area contributed by atoms with E-state index < -0.39 is 5.54 Å². The molecule has 1 aliphatic carbocycles. The molecule has 0 bridgehead atoms. The Morgan fingerprint density at radius 2 is 2.05 bits per heavy atom. The van der Waals surface area contributed by atoms with Crippen LogP contribution in [0.5, 0.6) is 0 Å². The largest absolute Gasteiger partial charge is 0.380 e. The Morgan fingerprint density at radius 3 is 2.67 bits per heavy atom. The van der Waals surface area contributed by atoms with Crippen LogP contribution in [0, 0.1) is 11.8 Å². The molecular formula is C16H28N2O3. The van der Waals surface area contributed by atoms with Crippen LogP contribution in [0.2, 0.25) is 0 Å². The third kappa shape index (κ3) is 4.19. The van der Waals surface area contributed by atoms with E-state index >= 15 is 0 Å². The lowest BCUT2D eigenvalue weighted by atomic mass is 9.94. The molecule has 120 valence electrons. The van der Waals surface area contributed by atoms with Crippen molar-refractivity contribution in [2.45, 2.75) is 52.0 Å². The molecule has 1 saturated carbocycles. The summed E-state index contributed by atoms with van der Waals surface area (Å²) in [6.45, 7) is 8.57. The predicted octanol–water partition coefficient (Wildman–Crippen LogP) is 1.57. The van der Waals surface area contributed by atoms with Crippen molar-refractivity contribution in [2.24, 2.45) is 11.8 Å². The summed E-state index contributed by atoms with van der Waals surface area (Å²) in [4.78, 5) is 26.4. The summed E-state index contributed by atoms with van der Waals surface area (Å²) in [6, 6.07) is 0. The van der Waals surface area contributed by atoms with Crippen molar-refractivity contribution in [1.82, 2.24) is 10.2 Å². The number of amides is 2. The molecule has 21 heavy (non-hydrogen) atoms. The standard InChI is InChI=1S/C16H28N2O3/c1-12(2)7-10-21-11-9-18-8-6-14(19)17-16(3,15(18)20)13-4-5-13/h12-13H,4-11H2,1-3H3,(H,17,19). The monoisotopic (exact) mass is 296 g/mol. The van der Waals surface area contributed by atoms with E-state index in [0.717, 1.165) is 25.9 Å². The fourth-order valence-electron chi connectivity index (χ4n) is 2.82. The predicted molar refractivity (Wildman–Crippen MR) is 80.7 cm³/mol. The van der Waals surface area contributed by atoms with Gasteiger partial charge in [0.25, 0.3) is 0 Å². The molecule has 0 radical (unpaired) electrons. The molecule has 0 aromatic heterocycles. The first-order valence-corrected chi connectivity index (χ1v) is 8.11. The number of hydrogen-bond donors (Lipinski definition) is 1. The van der Waals surface area contributed by atoms with Crippen molar-refractivity contribution >= 4 is 11.8 Å². The van der Waals surface area contributed by atoms with E-state index in [0.29, 0.717) is 38.0 Å². The Hall–Kier alpha value is -1.10. The van der Waals surface area contributed by atoms with Crippen LogP contribution < -0.4 is 5.32 Å². The van der Waals surface area contributed by atoms with Gasteiger partial charge in [-0.05, 0) is 38.0 Å². The van der Waals surface area contributed by atoms with E-state index in [1.165, 1.54) is 0 Å². The van der Waals surface area contributed by atoms with Crippen molar-refractivity contribution in [3.8, 4) is 0 Å². The van der Waals surface area contributed by atoms with Crippen LogP contribution in [0.1, 0.15) is 46.5 Å². The van der Waals surface area contributed by atoms with Gasteiger partial charge in [-0.25, -0.2) is 0 Å². The number of carbonyl (C=O) groups is 2. The molecule has 2 fully saturated rings. The lowest BCUT2D eigenvalue weighted by Crippen LogP contribution is -2.57. The summed E-state index contributed by atoms with van der Waals surface area (Å²) in [6.07, 6.45) is 3.48. The zero-order chi connectivity index (χ0) is 15.5. The van der Waals surface area contributed by atoms with Crippen LogP contribution in [0.25, 0.3) is 0 Å².